The minimum atomic E-state index is -4.54. The van der Waals surface area contributed by atoms with Crippen LogP contribution in [-0.2, 0) is 6.30 Å². The average molecular weight is 216 g/mol. The van der Waals surface area contributed by atoms with Crippen LogP contribution >= 0.6 is 0 Å². The number of nitrogens with zero attached hydrogens (tertiary/aromatic N) is 2. The Morgan fingerprint density at radius 1 is 1.33 bits per heavy atom. The van der Waals surface area contributed by atoms with Crippen LogP contribution in [0.2, 0.25) is 0 Å². The molecule has 0 saturated heterocycles. The van der Waals surface area contributed by atoms with Crippen LogP contribution in [0, 0.1) is 6.92 Å². The SMILES string of the molecule is Cc1nn(C(F)(F)F)c2ccc(O)cc12. The number of halogens is 3. The van der Waals surface area contributed by atoms with Crippen molar-refractivity contribution in [3.8, 4) is 5.75 Å². The predicted octanol–water partition coefficient (Wildman–Crippen LogP) is 2.53. The van der Waals surface area contributed by atoms with Crippen LogP contribution in [0.4, 0.5) is 13.2 Å². The number of phenolic OH excluding ortho intramolecular Hbond substituents is 1. The lowest BCUT2D eigenvalue weighted by Crippen LogP contribution is -2.17. The van der Waals surface area contributed by atoms with Crippen molar-refractivity contribution in [1.29, 1.82) is 0 Å². The number of hydrogen-bond acceptors (Lipinski definition) is 2. The van der Waals surface area contributed by atoms with Gasteiger partial charge in [-0.2, -0.15) is 9.78 Å². The maximum absolute atomic E-state index is 12.5. The molecule has 0 unspecified atom stereocenters. The van der Waals surface area contributed by atoms with Gasteiger partial charge in [0.1, 0.15) is 5.75 Å². The van der Waals surface area contributed by atoms with Gasteiger partial charge in [0.2, 0.25) is 0 Å². The number of phenols is 1. The monoisotopic (exact) mass is 216 g/mol. The Labute approximate surface area is 82.7 Å². The van der Waals surface area contributed by atoms with Crippen LogP contribution < -0.4 is 0 Å². The van der Waals surface area contributed by atoms with E-state index in [9.17, 15) is 13.2 Å². The van der Waals surface area contributed by atoms with Gasteiger partial charge in [0.15, 0.2) is 0 Å². The molecule has 0 spiro atoms. The van der Waals surface area contributed by atoms with Crippen molar-refractivity contribution in [1.82, 2.24) is 9.78 Å². The smallest absolute Gasteiger partial charge is 0.505 e. The van der Waals surface area contributed by atoms with E-state index in [1.807, 2.05) is 0 Å². The predicted molar refractivity (Wildman–Crippen MR) is 47.4 cm³/mol. The fraction of sp³-hybridized carbons (Fsp3) is 0.222. The summed E-state index contributed by atoms with van der Waals surface area (Å²) >= 11 is 0. The first-order valence-corrected chi connectivity index (χ1v) is 4.15. The second-order valence-corrected chi connectivity index (χ2v) is 3.17. The fourth-order valence-electron chi connectivity index (χ4n) is 1.45. The molecule has 1 heterocycles. The lowest BCUT2D eigenvalue weighted by Gasteiger charge is -2.06. The molecule has 2 aromatic rings. The fourth-order valence-corrected chi connectivity index (χ4v) is 1.45. The van der Waals surface area contributed by atoms with Crippen LogP contribution in [0.1, 0.15) is 5.69 Å². The van der Waals surface area contributed by atoms with Crippen molar-refractivity contribution in [2.45, 2.75) is 13.2 Å². The Morgan fingerprint density at radius 2 is 2.00 bits per heavy atom. The van der Waals surface area contributed by atoms with Crippen LogP contribution in [0.5, 0.6) is 5.75 Å². The minimum Gasteiger partial charge on any atom is -0.508 e. The molecule has 3 nitrogen and oxygen atoms in total. The van der Waals surface area contributed by atoms with Gasteiger partial charge in [0, 0.05) is 5.39 Å². The zero-order chi connectivity index (χ0) is 11.2. The van der Waals surface area contributed by atoms with Gasteiger partial charge in [-0.25, -0.2) is 0 Å². The van der Waals surface area contributed by atoms with E-state index < -0.39 is 6.30 Å². The lowest BCUT2D eigenvalue weighted by molar-refractivity contribution is -0.209. The maximum Gasteiger partial charge on any atom is 0.505 e. The second-order valence-electron chi connectivity index (χ2n) is 3.17. The highest BCUT2D eigenvalue weighted by molar-refractivity contribution is 5.83. The van der Waals surface area contributed by atoms with E-state index in [1.165, 1.54) is 25.1 Å². The molecule has 2 rings (SSSR count). The van der Waals surface area contributed by atoms with Gasteiger partial charge in [-0.15, -0.1) is 13.2 Å². The Hall–Kier alpha value is -1.72. The molecule has 80 valence electrons. The molecule has 0 radical (unpaired) electrons. The summed E-state index contributed by atoms with van der Waals surface area (Å²) in [6.45, 7) is 1.46. The normalized spacial score (nSPS) is 12.3. The molecule has 1 aromatic heterocycles. The van der Waals surface area contributed by atoms with Crippen molar-refractivity contribution in [2.24, 2.45) is 0 Å². The summed E-state index contributed by atoms with van der Waals surface area (Å²) in [6, 6.07) is 3.66. The van der Waals surface area contributed by atoms with Crippen molar-refractivity contribution in [3.63, 3.8) is 0 Å². The molecular weight excluding hydrogens is 209 g/mol. The summed E-state index contributed by atoms with van der Waals surface area (Å²) in [6.07, 6.45) is -4.54. The number of benzene rings is 1. The van der Waals surface area contributed by atoms with Gasteiger partial charge in [0.05, 0.1) is 11.2 Å². The zero-order valence-electron chi connectivity index (χ0n) is 7.71. The number of aromatic nitrogens is 2. The number of aromatic hydroxyl groups is 1. The lowest BCUT2D eigenvalue weighted by atomic mass is 10.2. The van der Waals surface area contributed by atoms with Crippen LogP contribution in [-0.4, -0.2) is 14.9 Å². The first-order chi connectivity index (χ1) is 6.89. The van der Waals surface area contributed by atoms with Gasteiger partial charge in [-0.1, -0.05) is 0 Å². The molecule has 15 heavy (non-hydrogen) atoms. The third-order valence-corrected chi connectivity index (χ3v) is 2.09. The highest BCUT2D eigenvalue weighted by Gasteiger charge is 2.34. The zero-order valence-corrected chi connectivity index (χ0v) is 7.71. The molecule has 0 saturated carbocycles. The third-order valence-electron chi connectivity index (χ3n) is 2.09. The largest absolute Gasteiger partial charge is 0.508 e. The second kappa shape index (κ2) is 2.88. The van der Waals surface area contributed by atoms with Crippen molar-refractivity contribution < 1.29 is 18.3 Å². The summed E-state index contributed by atoms with van der Waals surface area (Å²) in [5.74, 6) is -0.0766. The molecule has 6 heteroatoms. The van der Waals surface area contributed by atoms with E-state index >= 15 is 0 Å². The number of fused-ring (bicyclic) bond motifs is 1. The molecule has 0 amide bonds. The average Bonchev–Trinajstić information content (AvgIpc) is 2.43. The van der Waals surface area contributed by atoms with E-state index in [0.29, 0.717) is 5.39 Å². The number of alkyl halides is 3. The summed E-state index contributed by atoms with van der Waals surface area (Å²) in [4.78, 5) is 0. The van der Waals surface area contributed by atoms with Crippen molar-refractivity contribution in [2.75, 3.05) is 0 Å². The number of aryl methyl sites for hydroxylation is 1. The van der Waals surface area contributed by atoms with E-state index in [4.69, 9.17) is 5.11 Å². The van der Waals surface area contributed by atoms with E-state index in [2.05, 4.69) is 5.10 Å². The van der Waals surface area contributed by atoms with E-state index in [1.54, 1.807) is 0 Å². The number of rotatable bonds is 0. The Bertz CT molecular complexity index is 516. The molecule has 0 atom stereocenters. The van der Waals surface area contributed by atoms with Crippen molar-refractivity contribution >= 4 is 10.9 Å². The van der Waals surface area contributed by atoms with Crippen LogP contribution in [0.3, 0.4) is 0 Å². The summed E-state index contributed by atoms with van der Waals surface area (Å²) in [5, 5.41) is 12.8. The Morgan fingerprint density at radius 3 is 2.60 bits per heavy atom. The molecule has 0 fully saturated rings. The Kier molecular flexibility index (Phi) is 1.89. The number of hydrogen-bond donors (Lipinski definition) is 1. The highest BCUT2D eigenvalue weighted by atomic mass is 19.4. The summed E-state index contributed by atoms with van der Waals surface area (Å²) in [5.41, 5.74) is 0.177. The standard InChI is InChI=1S/C9H7F3N2O/c1-5-7-4-6(15)2-3-8(7)14(13-5)9(10,11)12/h2-4,15H,1H3. The third kappa shape index (κ3) is 1.51. The maximum atomic E-state index is 12.5. The minimum absolute atomic E-state index is 0.00287. The van der Waals surface area contributed by atoms with Gasteiger partial charge in [0.25, 0.3) is 0 Å². The molecule has 0 aliphatic rings. The molecular formula is C9H7F3N2O. The van der Waals surface area contributed by atoms with Crippen LogP contribution in [0.15, 0.2) is 18.2 Å². The molecule has 1 N–H and O–H groups in total. The van der Waals surface area contributed by atoms with Crippen LogP contribution in [0.25, 0.3) is 10.9 Å². The summed E-state index contributed by atoms with van der Waals surface area (Å²) < 4.78 is 37.4. The quantitative estimate of drug-likeness (QED) is 0.734. The first-order valence-electron chi connectivity index (χ1n) is 4.15. The van der Waals surface area contributed by atoms with E-state index in [-0.39, 0.29) is 21.6 Å². The van der Waals surface area contributed by atoms with E-state index in [0.717, 1.165) is 0 Å². The van der Waals surface area contributed by atoms with Gasteiger partial charge >= 0.3 is 6.30 Å². The van der Waals surface area contributed by atoms with Gasteiger partial charge in [-0.3, -0.25) is 0 Å². The molecule has 0 aliphatic carbocycles. The molecule has 0 aliphatic heterocycles. The van der Waals surface area contributed by atoms with Gasteiger partial charge in [-0.05, 0) is 25.1 Å². The first kappa shape index (κ1) is 9.82. The summed E-state index contributed by atoms with van der Waals surface area (Å²) in [7, 11) is 0. The van der Waals surface area contributed by atoms with Crippen molar-refractivity contribution in [3.05, 3.63) is 23.9 Å². The van der Waals surface area contributed by atoms with Gasteiger partial charge < -0.3 is 5.11 Å². The topological polar surface area (TPSA) is 38.0 Å². The highest BCUT2D eigenvalue weighted by Crippen LogP contribution is 2.30. The Balaban J connectivity index is 2.79. The molecule has 0 bridgehead atoms. The molecule has 1 aromatic carbocycles.